The van der Waals surface area contributed by atoms with Gasteiger partial charge in [-0.1, -0.05) is 42.5 Å². The van der Waals surface area contributed by atoms with Crippen LogP contribution in [-0.2, 0) is 32.6 Å². The molecule has 1 N–H and O–H groups in total. The maximum Gasteiger partial charge on any atom is 0.244 e. The molecule has 0 radical (unpaired) electrons. The maximum absolute atomic E-state index is 14.1. The number of nitrogens with zero attached hydrogens (tertiary/aromatic N) is 2. The normalized spacial score (nSPS) is 13.0. The highest BCUT2D eigenvalue weighted by Crippen LogP contribution is 2.36. The molecule has 1 heterocycles. The van der Waals surface area contributed by atoms with Crippen LogP contribution in [-0.4, -0.2) is 63.9 Å². The molecule has 1 atom stereocenters. The van der Waals surface area contributed by atoms with Crippen LogP contribution in [0.15, 0.2) is 72.8 Å². The summed E-state index contributed by atoms with van der Waals surface area (Å²) in [5.74, 6) is 0.584. The minimum Gasteiger partial charge on any atom is -0.497 e. The van der Waals surface area contributed by atoms with E-state index in [1.54, 1.807) is 37.4 Å². The van der Waals surface area contributed by atoms with E-state index in [1.807, 2.05) is 50.2 Å². The molecule has 2 amide bonds. The third-order valence-corrected chi connectivity index (χ3v) is 7.65. The Morgan fingerprint density at radius 2 is 1.66 bits per heavy atom. The van der Waals surface area contributed by atoms with Gasteiger partial charge < -0.3 is 24.4 Å². The first-order chi connectivity index (χ1) is 19.5. The Kier molecular flexibility index (Phi) is 9.38. The molecule has 11 heteroatoms. The van der Waals surface area contributed by atoms with Crippen LogP contribution >= 0.6 is 0 Å². The molecule has 0 aromatic heterocycles. The van der Waals surface area contributed by atoms with E-state index in [9.17, 15) is 18.0 Å². The van der Waals surface area contributed by atoms with Crippen molar-refractivity contribution in [1.82, 2.24) is 10.2 Å². The van der Waals surface area contributed by atoms with E-state index in [-0.39, 0.29) is 37.4 Å². The lowest BCUT2D eigenvalue weighted by molar-refractivity contribution is -0.140. The fraction of sp³-hybridized carbons (Fsp3) is 0.333. The number of methoxy groups -OCH3 is 1. The topological polar surface area (TPSA) is 114 Å². The molecule has 0 aliphatic carbocycles. The minimum atomic E-state index is -3.90. The minimum absolute atomic E-state index is 0.0248. The Bertz CT molecular complexity index is 1480. The van der Waals surface area contributed by atoms with Crippen molar-refractivity contribution in [2.24, 2.45) is 0 Å². The van der Waals surface area contributed by atoms with Crippen molar-refractivity contribution in [3.05, 3.63) is 83.9 Å². The van der Waals surface area contributed by atoms with Crippen LogP contribution in [0.5, 0.6) is 17.2 Å². The van der Waals surface area contributed by atoms with E-state index in [0.717, 1.165) is 21.7 Å². The highest BCUT2D eigenvalue weighted by atomic mass is 32.2. The summed E-state index contributed by atoms with van der Waals surface area (Å²) in [4.78, 5) is 29.2. The van der Waals surface area contributed by atoms with E-state index in [0.29, 0.717) is 17.2 Å². The standard InChI is InChI=1S/C30H35N3O7S/c1-21(2)31-30(35)26(16-22-9-6-5-7-10-22)32(18-23-11-8-12-25(15-23)38-3)29(34)19-33(41(4,36)37)24-13-14-27-28(17-24)40-20-39-27/h5-15,17,21,26H,16,18-20H2,1-4H3,(H,31,35). The Labute approximate surface area is 240 Å². The van der Waals surface area contributed by atoms with Gasteiger partial charge in [0.05, 0.1) is 19.1 Å². The second-order valence-corrected chi connectivity index (χ2v) is 12.0. The molecule has 1 aliphatic heterocycles. The predicted octanol–water partition coefficient (Wildman–Crippen LogP) is 3.35. The number of ether oxygens (including phenoxy) is 3. The van der Waals surface area contributed by atoms with E-state index in [4.69, 9.17) is 14.2 Å². The van der Waals surface area contributed by atoms with Gasteiger partial charge in [-0.2, -0.15) is 0 Å². The summed E-state index contributed by atoms with van der Waals surface area (Å²) in [5.41, 5.74) is 1.83. The van der Waals surface area contributed by atoms with Gasteiger partial charge in [0.2, 0.25) is 28.6 Å². The molecular formula is C30H35N3O7S. The van der Waals surface area contributed by atoms with Gasteiger partial charge in [-0.3, -0.25) is 13.9 Å². The fourth-order valence-corrected chi connectivity index (χ4v) is 5.40. The molecule has 0 saturated carbocycles. The van der Waals surface area contributed by atoms with E-state index >= 15 is 0 Å². The van der Waals surface area contributed by atoms with Crippen molar-refractivity contribution < 1.29 is 32.2 Å². The van der Waals surface area contributed by atoms with Gasteiger partial charge in [0.25, 0.3) is 0 Å². The number of carbonyl (C=O) groups excluding carboxylic acids is 2. The Morgan fingerprint density at radius 1 is 0.951 bits per heavy atom. The molecule has 0 spiro atoms. The monoisotopic (exact) mass is 581 g/mol. The van der Waals surface area contributed by atoms with Gasteiger partial charge in [0.1, 0.15) is 18.3 Å². The molecule has 41 heavy (non-hydrogen) atoms. The van der Waals surface area contributed by atoms with Crippen LogP contribution in [0, 0.1) is 0 Å². The van der Waals surface area contributed by atoms with E-state index < -0.39 is 28.5 Å². The number of carbonyl (C=O) groups is 2. The fourth-order valence-electron chi connectivity index (χ4n) is 4.56. The second-order valence-electron chi connectivity index (χ2n) is 10.0. The lowest BCUT2D eigenvalue weighted by Gasteiger charge is -2.34. The largest absolute Gasteiger partial charge is 0.497 e. The summed E-state index contributed by atoms with van der Waals surface area (Å²) in [7, 11) is -2.36. The number of nitrogens with one attached hydrogen (secondary N) is 1. The third-order valence-electron chi connectivity index (χ3n) is 6.51. The number of rotatable bonds is 12. The molecule has 0 bridgehead atoms. The molecule has 1 aliphatic rings. The highest BCUT2D eigenvalue weighted by molar-refractivity contribution is 7.92. The first-order valence-electron chi connectivity index (χ1n) is 13.2. The average molecular weight is 582 g/mol. The Hall–Kier alpha value is -4.25. The zero-order valence-electron chi connectivity index (χ0n) is 23.6. The van der Waals surface area contributed by atoms with Crippen molar-refractivity contribution in [1.29, 1.82) is 0 Å². The molecular weight excluding hydrogens is 546 g/mol. The van der Waals surface area contributed by atoms with Crippen molar-refractivity contribution in [3.8, 4) is 17.2 Å². The number of amides is 2. The number of benzene rings is 3. The summed E-state index contributed by atoms with van der Waals surface area (Å²) in [6.07, 6.45) is 1.27. The van der Waals surface area contributed by atoms with Crippen LogP contribution in [0.25, 0.3) is 0 Å². The van der Waals surface area contributed by atoms with Gasteiger partial charge in [0, 0.05) is 25.1 Å². The zero-order valence-corrected chi connectivity index (χ0v) is 24.4. The number of anilines is 1. The third kappa shape index (κ3) is 7.69. The number of fused-ring (bicyclic) bond motifs is 1. The lowest BCUT2D eigenvalue weighted by Crippen LogP contribution is -2.54. The summed E-state index contributed by atoms with van der Waals surface area (Å²) in [5, 5.41) is 2.93. The predicted molar refractivity (Wildman–Crippen MR) is 156 cm³/mol. The lowest BCUT2D eigenvalue weighted by atomic mass is 10.0. The molecule has 3 aromatic rings. The Balaban J connectivity index is 1.74. The van der Waals surface area contributed by atoms with Crippen LogP contribution in [0.4, 0.5) is 5.69 Å². The van der Waals surface area contributed by atoms with Gasteiger partial charge in [-0.25, -0.2) is 8.42 Å². The van der Waals surface area contributed by atoms with Crippen LogP contribution in [0.3, 0.4) is 0 Å². The van der Waals surface area contributed by atoms with Gasteiger partial charge in [-0.05, 0) is 49.2 Å². The summed E-state index contributed by atoms with van der Waals surface area (Å²) < 4.78 is 43.1. The molecule has 0 fully saturated rings. The summed E-state index contributed by atoms with van der Waals surface area (Å²) in [6, 6.07) is 20.2. The molecule has 218 valence electrons. The van der Waals surface area contributed by atoms with Crippen molar-refractivity contribution in [3.63, 3.8) is 0 Å². The SMILES string of the molecule is COc1cccc(CN(C(=O)CN(c2ccc3c(c2)OCO3)S(C)(=O)=O)C(Cc2ccccc2)C(=O)NC(C)C)c1. The quantitative estimate of drug-likeness (QED) is 0.349. The number of sulfonamides is 1. The molecule has 4 rings (SSSR count). The average Bonchev–Trinajstić information content (AvgIpc) is 3.41. The maximum atomic E-state index is 14.1. The highest BCUT2D eigenvalue weighted by Gasteiger charge is 2.33. The first kappa shape index (κ1) is 29.7. The molecule has 0 saturated heterocycles. The molecule has 3 aromatic carbocycles. The number of hydrogen-bond donors (Lipinski definition) is 1. The van der Waals surface area contributed by atoms with Gasteiger partial charge in [0.15, 0.2) is 11.5 Å². The van der Waals surface area contributed by atoms with Crippen LogP contribution in [0.1, 0.15) is 25.0 Å². The smallest absolute Gasteiger partial charge is 0.244 e. The van der Waals surface area contributed by atoms with Crippen molar-refractivity contribution in [2.75, 3.05) is 31.0 Å². The van der Waals surface area contributed by atoms with Crippen LogP contribution < -0.4 is 23.8 Å². The second kappa shape index (κ2) is 12.9. The zero-order chi connectivity index (χ0) is 29.6. The van der Waals surface area contributed by atoms with Crippen LogP contribution in [0.2, 0.25) is 0 Å². The van der Waals surface area contributed by atoms with Crippen molar-refractivity contribution in [2.45, 2.75) is 38.9 Å². The Morgan fingerprint density at radius 3 is 2.34 bits per heavy atom. The summed E-state index contributed by atoms with van der Waals surface area (Å²) >= 11 is 0. The molecule has 10 nitrogen and oxygen atoms in total. The van der Waals surface area contributed by atoms with Gasteiger partial charge >= 0.3 is 0 Å². The number of hydrogen-bond acceptors (Lipinski definition) is 7. The summed E-state index contributed by atoms with van der Waals surface area (Å²) in [6.45, 7) is 3.24. The van der Waals surface area contributed by atoms with Gasteiger partial charge in [-0.15, -0.1) is 0 Å². The van der Waals surface area contributed by atoms with Crippen molar-refractivity contribution >= 4 is 27.5 Å². The van der Waals surface area contributed by atoms with E-state index in [2.05, 4.69) is 5.32 Å². The first-order valence-corrected chi connectivity index (χ1v) is 15.0. The van der Waals surface area contributed by atoms with E-state index in [1.165, 1.54) is 11.0 Å². The molecule has 1 unspecified atom stereocenters.